The molecule has 27 heavy (non-hydrogen) atoms. The Morgan fingerprint density at radius 1 is 1.15 bits per heavy atom. The number of unbranched alkanes of at least 4 members (excludes halogenated alkanes) is 1. The Balaban J connectivity index is 2.15. The number of nitrogens with zero attached hydrogens (tertiary/aromatic N) is 1. The van der Waals surface area contributed by atoms with Crippen molar-refractivity contribution >= 4 is 29.1 Å². The zero-order chi connectivity index (χ0) is 20.0. The van der Waals surface area contributed by atoms with Gasteiger partial charge in [0.1, 0.15) is 5.69 Å². The third kappa shape index (κ3) is 5.68. The molecular formula is C18H17ClF3N3O2. The molecule has 0 fully saturated rings. The van der Waals surface area contributed by atoms with Crippen molar-refractivity contribution in [1.29, 1.82) is 0 Å². The van der Waals surface area contributed by atoms with Gasteiger partial charge in [0, 0.05) is 24.0 Å². The van der Waals surface area contributed by atoms with E-state index in [4.69, 9.17) is 11.6 Å². The number of pyridine rings is 1. The van der Waals surface area contributed by atoms with E-state index in [-0.39, 0.29) is 22.9 Å². The van der Waals surface area contributed by atoms with Crippen LogP contribution in [0.25, 0.3) is 0 Å². The Hall–Kier alpha value is -2.61. The number of hydrogen-bond acceptors (Lipinski definition) is 3. The van der Waals surface area contributed by atoms with E-state index in [0.717, 1.165) is 25.0 Å². The van der Waals surface area contributed by atoms with Crippen molar-refractivity contribution in [2.45, 2.75) is 25.9 Å². The van der Waals surface area contributed by atoms with Crippen LogP contribution in [0.3, 0.4) is 0 Å². The normalized spacial score (nSPS) is 11.1. The number of anilines is 1. The smallest absolute Gasteiger partial charge is 0.352 e. The number of carbonyl (C=O) groups excluding carboxylic acids is 2. The average Bonchev–Trinajstić information content (AvgIpc) is 2.62. The Labute approximate surface area is 158 Å². The molecular weight excluding hydrogens is 383 g/mol. The largest absolute Gasteiger partial charge is 0.417 e. The Kier molecular flexibility index (Phi) is 6.79. The molecule has 0 saturated carbocycles. The summed E-state index contributed by atoms with van der Waals surface area (Å²) in [5, 5.41) is 4.56. The molecule has 0 aliphatic carbocycles. The summed E-state index contributed by atoms with van der Waals surface area (Å²) in [5.74, 6) is -1.10. The third-order valence-corrected chi connectivity index (χ3v) is 3.93. The Bertz CT molecular complexity index is 841. The van der Waals surface area contributed by atoms with Gasteiger partial charge in [-0.25, -0.2) is 0 Å². The van der Waals surface area contributed by atoms with Crippen LogP contribution in [0.4, 0.5) is 18.9 Å². The average molecular weight is 400 g/mol. The zero-order valence-electron chi connectivity index (χ0n) is 14.4. The number of carbonyl (C=O) groups is 2. The van der Waals surface area contributed by atoms with Crippen molar-refractivity contribution in [2.24, 2.45) is 0 Å². The molecule has 2 aromatic rings. The minimum atomic E-state index is -4.65. The van der Waals surface area contributed by atoms with E-state index < -0.39 is 22.7 Å². The van der Waals surface area contributed by atoms with Gasteiger partial charge in [-0.2, -0.15) is 13.2 Å². The lowest BCUT2D eigenvalue weighted by Gasteiger charge is -2.12. The summed E-state index contributed by atoms with van der Waals surface area (Å²) in [6, 6.07) is 5.75. The summed E-state index contributed by atoms with van der Waals surface area (Å²) in [7, 11) is 0. The predicted molar refractivity (Wildman–Crippen MR) is 95.9 cm³/mol. The van der Waals surface area contributed by atoms with Crippen molar-refractivity contribution in [3.05, 3.63) is 58.4 Å². The van der Waals surface area contributed by atoms with E-state index in [2.05, 4.69) is 15.6 Å². The molecule has 0 atom stereocenters. The Morgan fingerprint density at radius 2 is 1.89 bits per heavy atom. The topological polar surface area (TPSA) is 71.1 Å². The van der Waals surface area contributed by atoms with E-state index in [1.165, 1.54) is 24.4 Å². The van der Waals surface area contributed by atoms with Gasteiger partial charge in [0.15, 0.2) is 0 Å². The first-order chi connectivity index (χ1) is 12.7. The monoisotopic (exact) mass is 399 g/mol. The van der Waals surface area contributed by atoms with Crippen LogP contribution >= 0.6 is 11.6 Å². The van der Waals surface area contributed by atoms with Gasteiger partial charge < -0.3 is 10.6 Å². The molecule has 0 unspecified atom stereocenters. The molecule has 144 valence electrons. The first kappa shape index (κ1) is 20.7. The number of rotatable bonds is 6. The number of hydrogen-bond donors (Lipinski definition) is 2. The molecule has 5 nitrogen and oxygen atoms in total. The van der Waals surface area contributed by atoms with Crippen LogP contribution in [0.5, 0.6) is 0 Å². The third-order valence-electron chi connectivity index (χ3n) is 3.60. The fourth-order valence-corrected chi connectivity index (χ4v) is 2.42. The minimum absolute atomic E-state index is 0.0867. The maximum Gasteiger partial charge on any atom is 0.417 e. The SMILES string of the molecule is CCCCNC(=O)c1ccnc(C(=O)Nc2ccc(Cl)c(C(F)(F)F)c2)c1. The highest BCUT2D eigenvalue weighted by molar-refractivity contribution is 6.31. The summed E-state index contributed by atoms with van der Waals surface area (Å²) in [6.45, 7) is 2.49. The second kappa shape index (κ2) is 8.85. The van der Waals surface area contributed by atoms with Gasteiger partial charge in [-0.15, -0.1) is 0 Å². The molecule has 0 bridgehead atoms. The van der Waals surface area contributed by atoms with Gasteiger partial charge in [-0.05, 0) is 36.8 Å². The summed E-state index contributed by atoms with van der Waals surface area (Å²) in [6.07, 6.45) is -1.62. The highest BCUT2D eigenvalue weighted by Crippen LogP contribution is 2.36. The lowest BCUT2D eigenvalue weighted by Crippen LogP contribution is -2.25. The van der Waals surface area contributed by atoms with Gasteiger partial charge in [-0.3, -0.25) is 14.6 Å². The number of amides is 2. The first-order valence-corrected chi connectivity index (χ1v) is 8.52. The molecule has 2 amide bonds. The molecule has 0 spiro atoms. The molecule has 0 aliphatic heterocycles. The fraction of sp³-hybridized carbons (Fsp3) is 0.278. The fourth-order valence-electron chi connectivity index (χ4n) is 2.19. The van der Waals surface area contributed by atoms with Crippen LogP contribution in [0.15, 0.2) is 36.5 Å². The van der Waals surface area contributed by atoms with Gasteiger partial charge >= 0.3 is 6.18 Å². The van der Waals surface area contributed by atoms with E-state index >= 15 is 0 Å². The number of aromatic nitrogens is 1. The highest BCUT2D eigenvalue weighted by Gasteiger charge is 2.33. The maximum absolute atomic E-state index is 12.9. The van der Waals surface area contributed by atoms with Crippen LogP contribution in [0, 0.1) is 0 Å². The maximum atomic E-state index is 12.9. The molecule has 0 radical (unpaired) electrons. The second-order valence-corrected chi connectivity index (χ2v) is 6.09. The first-order valence-electron chi connectivity index (χ1n) is 8.14. The van der Waals surface area contributed by atoms with Gasteiger partial charge in [0.05, 0.1) is 10.6 Å². The van der Waals surface area contributed by atoms with Crippen molar-refractivity contribution in [2.75, 3.05) is 11.9 Å². The van der Waals surface area contributed by atoms with E-state index in [0.29, 0.717) is 6.54 Å². The molecule has 1 aromatic carbocycles. The van der Waals surface area contributed by atoms with E-state index in [1.54, 1.807) is 0 Å². The summed E-state index contributed by atoms with van der Waals surface area (Å²) in [4.78, 5) is 28.2. The number of halogens is 4. The van der Waals surface area contributed by atoms with E-state index in [9.17, 15) is 22.8 Å². The van der Waals surface area contributed by atoms with Crippen molar-refractivity contribution in [3.8, 4) is 0 Å². The summed E-state index contributed by atoms with van der Waals surface area (Å²) in [5.41, 5.74) is -1.00. The molecule has 1 aromatic heterocycles. The quantitative estimate of drug-likeness (QED) is 0.701. The van der Waals surface area contributed by atoms with Crippen LogP contribution in [0.2, 0.25) is 5.02 Å². The molecule has 2 N–H and O–H groups in total. The molecule has 0 saturated heterocycles. The van der Waals surface area contributed by atoms with Crippen LogP contribution in [-0.4, -0.2) is 23.3 Å². The zero-order valence-corrected chi connectivity index (χ0v) is 15.1. The minimum Gasteiger partial charge on any atom is -0.352 e. The number of alkyl halides is 3. The summed E-state index contributed by atoms with van der Waals surface area (Å²) >= 11 is 5.55. The number of nitrogens with one attached hydrogen (secondary N) is 2. The van der Waals surface area contributed by atoms with Gasteiger partial charge in [0.2, 0.25) is 0 Å². The number of benzene rings is 1. The summed E-state index contributed by atoms with van der Waals surface area (Å²) < 4.78 is 38.7. The molecule has 2 rings (SSSR count). The van der Waals surface area contributed by atoms with Crippen LogP contribution in [0.1, 0.15) is 46.2 Å². The molecule has 9 heteroatoms. The van der Waals surface area contributed by atoms with Gasteiger partial charge in [-0.1, -0.05) is 24.9 Å². The lowest BCUT2D eigenvalue weighted by molar-refractivity contribution is -0.137. The van der Waals surface area contributed by atoms with Crippen molar-refractivity contribution in [3.63, 3.8) is 0 Å². The standard InChI is InChI=1S/C18H17ClF3N3O2/c1-2-3-7-24-16(26)11-6-8-23-15(9-11)17(27)25-12-4-5-14(19)13(10-12)18(20,21)22/h4-6,8-10H,2-3,7H2,1H3,(H,24,26)(H,25,27). The van der Waals surface area contributed by atoms with E-state index in [1.807, 2.05) is 6.92 Å². The Morgan fingerprint density at radius 3 is 2.56 bits per heavy atom. The molecule has 1 heterocycles. The second-order valence-electron chi connectivity index (χ2n) is 5.69. The lowest BCUT2D eigenvalue weighted by atomic mass is 10.1. The van der Waals surface area contributed by atoms with Crippen molar-refractivity contribution in [1.82, 2.24) is 10.3 Å². The van der Waals surface area contributed by atoms with Crippen molar-refractivity contribution < 1.29 is 22.8 Å². The van der Waals surface area contributed by atoms with Crippen LogP contribution < -0.4 is 10.6 Å². The molecule has 0 aliphatic rings. The van der Waals surface area contributed by atoms with Gasteiger partial charge in [0.25, 0.3) is 11.8 Å². The highest BCUT2D eigenvalue weighted by atomic mass is 35.5. The predicted octanol–water partition coefficient (Wildman–Crippen LogP) is 4.54. The van der Waals surface area contributed by atoms with Crippen LogP contribution in [-0.2, 0) is 6.18 Å².